The molecule has 5 nitrogen and oxygen atoms in total. The van der Waals surface area contributed by atoms with Gasteiger partial charge in [0.05, 0.1) is 6.04 Å². The summed E-state index contributed by atoms with van der Waals surface area (Å²) < 4.78 is 36.4. The van der Waals surface area contributed by atoms with Crippen LogP contribution in [0.1, 0.15) is 38.1 Å². The molecule has 0 bridgehead atoms. The number of rotatable bonds is 6. The highest BCUT2D eigenvalue weighted by atomic mass is 32.2. The highest BCUT2D eigenvalue weighted by Gasteiger charge is 2.33. The monoisotopic (exact) mass is 437 g/mol. The van der Waals surface area contributed by atoms with E-state index in [0.717, 1.165) is 11.1 Å². The third-order valence-corrected chi connectivity index (χ3v) is 6.59. The van der Waals surface area contributed by atoms with Crippen LogP contribution in [0.3, 0.4) is 0 Å². The number of hydrogen-bond acceptors (Lipinski definition) is 5. The van der Waals surface area contributed by atoms with Gasteiger partial charge in [-0.3, -0.25) is 4.98 Å². The van der Waals surface area contributed by atoms with Crippen molar-refractivity contribution in [1.82, 2.24) is 14.9 Å². The minimum absolute atomic E-state index is 0.367. The van der Waals surface area contributed by atoms with E-state index in [2.05, 4.69) is 14.9 Å². The number of halogens is 1. The summed E-state index contributed by atoms with van der Waals surface area (Å²) >= 11 is -1.42. The Labute approximate surface area is 184 Å². The summed E-state index contributed by atoms with van der Waals surface area (Å²) in [6.45, 7) is 5.63. The summed E-state index contributed by atoms with van der Waals surface area (Å²) in [4.78, 5) is 4.39. The highest BCUT2D eigenvalue weighted by Crippen LogP contribution is 2.36. The number of fused-ring (bicyclic) bond motifs is 1. The van der Waals surface area contributed by atoms with Gasteiger partial charge in [0.25, 0.3) is 0 Å². The molecule has 0 amide bonds. The summed E-state index contributed by atoms with van der Waals surface area (Å²) in [6, 6.07) is 17.3. The quantitative estimate of drug-likeness (QED) is 0.411. The summed E-state index contributed by atoms with van der Waals surface area (Å²) in [5.74, 6) is -0.399. The average Bonchev–Trinajstić information content (AvgIpc) is 3.17. The molecule has 2 aromatic carbocycles. The number of para-hydroxylation sites is 1. The molecule has 0 saturated carbocycles. The van der Waals surface area contributed by atoms with Gasteiger partial charge in [-0.25, -0.2) is 4.39 Å². The Hall–Kier alpha value is -2.74. The van der Waals surface area contributed by atoms with E-state index in [4.69, 9.17) is 4.52 Å². The van der Waals surface area contributed by atoms with Gasteiger partial charge < -0.3 is 9.08 Å². The van der Waals surface area contributed by atoms with Crippen molar-refractivity contribution in [2.45, 2.75) is 38.0 Å². The van der Waals surface area contributed by atoms with Crippen LogP contribution in [-0.2, 0) is 17.8 Å². The lowest BCUT2D eigenvalue weighted by Crippen LogP contribution is -2.42. The van der Waals surface area contributed by atoms with E-state index in [9.17, 15) is 4.55 Å². The summed E-state index contributed by atoms with van der Waals surface area (Å²) in [6.07, 6.45) is 2.06. The molecule has 160 valence electrons. The molecule has 0 aliphatic heterocycles. The van der Waals surface area contributed by atoms with E-state index in [1.54, 1.807) is 12.3 Å². The van der Waals surface area contributed by atoms with Crippen molar-refractivity contribution in [2.24, 2.45) is 0 Å². The third kappa shape index (κ3) is 4.63. The second-order valence-corrected chi connectivity index (χ2v) is 10.3. The Kier molecular flexibility index (Phi) is 6.09. The van der Waals surface area contributed by atoms with Gasteiger partial charge in [-0.1, -0.05) is 35.5 Å². The molecule has 0 aliphatic carbocycles. The van der Waals surface area contributed by atoms with Gasteiger partial charge in [0.1, 0.15) is 16.3 Å². The normalized spacial score (nSPS) is 14.0. The first-order valence-corrected chi connectivity index (χ1v) is 11.2. The fourth-order valence-electron chi connectivity index (χ4n) is 3.41. The van der Waals surface area contributed by atoms with Crippen molar-refractivity contribution in [3.63, 3.8) is 0 Å². The van der Waals surface area contributed by atoms with Crippen LogP contribution in [0.2, 0.25) is 0 Å². The smallest absolute Gasteiger partial charge is 0.167 e. The minimum Gasteiger partial charge on any atom is -0.598 e. The molecule has 0 fully saturated rings. The maximum Gasteiger partial charge on any atom is 0.167 e. The van der Waals surface area contributed by atoms with E-state index < -0.39 is 28.0 Å². The fraction of sp³-hybridized carbons (Fsp3) is 0.250. The van der Waals surface area contributed by atoms with E-state index >= 15 is 4.39 Å². The molecule has 0 aliphatic rings. The minimum atomic E-state index is -1.42. The van der Waals surface area contributed by atoms with E-state index in [0.29, 0.717) is 28.8 Å². The Bertz CT molecular complexity index is 1170. The summed E-state index contributed by atoms with van der Waals surface area (Å²) in [5.41, 5.74) is 2.94. The standard InChI is InChI=1S/C24H24FN3O2S/c1-24(2,3)31(29)28-20(15-16-9-6-7-14-26-16)22-18(11-8-12-19(22)25)23-17-10-4-5-13-21(17)30-27-23/h4-14,20,28H,15H2,1-3H3/t20-,31?/m0/s1. The molecular formula is C24H24FN3O2S. The van der Waals surface area contributed by atoms with Gasteiger partial charge in [-0.15, -0.1) is 4.72 Å². The van der Waals surface area contributed by atoms with Crippen LogP contribution < -0.4 is 4.72 Å². The Morgan fingerprint density at radius 1 is 1.06 bits per heavy atom. The first kappa shape index (κ1) is 21.5. The topological polar surface area (TPSA) is 74.0 Å². The molecule has 31 heavy (non-hydrogen) atoms. The Morgan fingerprint density at radius 3 is 2.58 bits per heavy atom. The zero-order chi connectivity index (χ0) is 22.0. The lowest BCUT2D eigenvalue weighted by atomic mass is 9.93. The van der Waals surface area contributed by atoms with Crippen LogP contribution in [0, 0.1) is 5.82 Å². The molecule has 2 heterocycles. The lowest BCUT2D eigenvalue weighted by molar-refractivity contribution is 0.459. The van der Waals surface area contributed by atoms with Crippen LogP contribution >= 0.6 is 0 Å². The maximum absolute atomic E-state index is 15.3. The van der Waals surface area contributed by atoms with Crippen molar-refractivity contribution in [2.75, 3.05) is 0 Å². The van der Waals surface area contributed by atoms with Gasteiger partial charge in [0.15, 0.2) is 5.58 Å². The predicted octanol–water partition coefficient (Wildman–Crippen LogP) is 5.36. The van der Waals surface area contributed by atoms with Crippen LogP contribution in [0.4, 0.5) is 4.39 Å². The number of benzene rings is 2. The second kappa shape index (κ2) is 8.78. The van der Waals surface area contributed by atoms with Crippen molar-refractivity contribution >= 4 is 22.3 Å². The maximum atomic E-state index is 15.3. The zero-order valence-corrected chi connectivity index (χ0v) is 18.4. The van der Waals surface area contributed by atoms with Gasteiger partial charge in [0, 0.05) is 46.2 Å². The van der Waals surface area contributed by atoms with Crippen molar-refractivity contribution < 1.29 is 13.5 Å². The Morgan fingerprint density at radius 2 is 1.84 bits per heavy atom. The molecular weight excluding hydrogens is 413 g/mol. The SMILES string of the molecule is CC(C)(C)[S+]([O-])N[C@@H](Cc1ccccn1)c1c(F)cccc1-c1noc2ccccc12. The molecule has 0 radical (unpaired) electrons. The van der Waals surface area contributed by atoms with Crippen LogP contribution in [0.5, 0.6) is 0 Å². The number of nitrogens with zero attached hydrogens (tertiary/aromatic N) is 2. The molecule has 1 N–H and O–H groups in total. The van der Waals surface area contributed by atoms with E-state index in [-0.39, 0.29) is 0 Å². The van der Waals surface area contributed by atoms with Crippen LogP contribution in [-0.4, -0.2) is 19.4 Å². The summed E-state index contributed by atoms with van der Waals surface area (Å²) in [7, 11) is 0. The van der Waals surface area contributed by atoms with Crippen molar-refractivity contribution in [1.29, 1.82) is 0 Å². The zero-order valence-electron chi connectivity index (χ0n) is 17.6. The third-order valence-electron chi connectivity index (χ3n) is 4.98. The van der Waals surface area contributed by atoms with Crippen molar-refractivity contribution in [3.8, 4) is 11.3 Å². The molecule has 0 spiro atoms. The molecule has 7 heteroatoms. The summed E-state index contributed by atoms with van der Waals surface area (Å²) in [5, 5.41) is 5.02. The Balaban J connectivity index is 1.84. The largest absolute Gasteiger partial charge is 0.598 e. The molecule has 0 saturated heterocycles. The van der Waals surface area contributed by atoms with Gasteiger partial charge in [0.2, 0.25) is 0 Å². The molecule has 4 rings (SSSR count). The molecule has 2 atom stereocenters. The van der Waals surface area contributed by atoms with Crippen molar-refractivity contribution in [3.05, 3.63) is 83.9 Å². The van der Waals surface area contributed by atoms with Gasteiger partial charge >= 0.3 is 0 Å². The first-order valence-electron chi connectivity index (χ1n) is 10.1. The van der Waals surface area contributed by atoms with E-state index in [1.165, 1.54) is 6.07 Å². The number of hydrogen-bond donors (Lipinski definition) is 1. The van der Waals surface area contributed by atoms with E-state index in [1.807, 2.05) is 69.3 Å². The highest BCUT2D eigenvalue weighted by molar-refractivity contribution is 7.90. The van der Waals surface area contributed by atoms with Gasteiger partial charge in [-0.2, -0.15) is 0 Å². The predicted molar refractivity (Wildman–Crippen MR) is 121 cm³/mol. The van der Waals surface area contributed by atoms with Gasteiger partial charge in [-0.05, 0) is 51.1 Å². The molecule has 2 aromatic heterocycles. The second-order valence-electron chi connectivity index (χ2n) is 8.31. The number of nitrogens with one attached hydrogen (secondary N) is 1. The fourth-order valence-corrected chi connectivity index (χ4v) is 4.23. The first-order chi connectivity index (χ1) is 14.8. The molecule has 1 unspecified atom stereocenters. The van der Waals surface area contributed by atoms with Crippen LogP contribution in [0.15, 0.2) is 71.4 Å². The van der Waals surface area contributed by atoms with Crippen LogP contribution in [0.25, 0.3) is 22.2 Å². The molecule has 4 aromatic rings. The average molecular weight is 438 g/mol. The number of aromatic nitrogens is 2. The lowest BCUT2D eigenvalue weighted by Gasteiger charge is -2.29. The number of pyridine rings is 1.